The van der Waals surface area contributed by atoms with Crippen molar-refractivity contribution >= 4 is 11.6 Å². The highest BCUT2D eigenvalue weighted by Crippen LogP contribution is 2.22. The minimum absolute atomic E-state index is 0.238. The lowest BCUT2D eigenvalue weighted by molar-refractivity contribution is -0.401. The van der Waals surface area contributed by atoms with Gasteiger partial charge in [-0.25, -0.2) is 9.97 Å². The number of nitrogen functional groups attached to an aromatic ring is 1. The fourth-order valence-corrected chi connectivity index (χ4v) is 1.01. The average molecular weight is 206 g/mol. The second-order valence-corrected chi connectivity index (χ2v) is 2.73. The molecule has 0 fully saturated rings. The van der Waals surface area contributed by atoms with E-state index in [1.807, 2.05) is 0 Å². The summed E-state index contributed by atoms with van der Waals surface area (Å²) in [4.78, 5) is 17.5. The van der Waals surface area contributed by atoms with E-state index >= 15 is 0 Å². The van der Waals surface area contributed by atoms with Crippen LogP contribution in [-0.2, 0) is 0 Å². The van der Waals surface area contributed by atoms with Crippen molar-refractivity contribution in [1.82, 2.24) is 9.97 Å². The van der Waals surface area contributed by atoms with E-state index in [9.17, 15) is 10.1 Å². The van der Waals surface area contributed by atoms with Gasteiger partial charge in [0.2, 0.25) is 0 Å². The van der Waals surface area contributed by atoms with Crippen LogP contribution < -0.4 is 5.73 Å². The lowest BCUT2D eigenvalue weighted by Gasteiger charge is -1.94. The van der Waals surface area contributed by atoms with E-state index in [1.54, 1.807) is 0 Å². The molecule has 2 aromatic heterocycles. The minimum atomic E-state index is -0.624. The van der Waals surface area contributed by atoms with Crippen molar-refractivity contribution in [2.45, 2.75) is 0 Å². The molecule has 76 valence electrons. The molecule has 0 radical (unpaired) electrons. The van der Waals surface area contributed by atoms with E-state index < -0.39 is 4.92 Å². The maximum absolute atomic E-state index is 10.4. The molecule has 0 unspecified atom stereocenters. The molecular weight excluding hydrogens is 200 g/mol. The van der Waals surface area contributed by atoms with Crippen LogP contribution in [0.3, 0.4) is 0 Å². The van der Waals surface area contributed by atoms with E-state index in [-0.39, 0.29) is 17.5 Å². The molecule has 0 saturated heterocycles. The quantitative estimate of drug-likeness (QED) is 0.584. The zero-order valence-electron chi connectivity index (χ0n) is 7.45. The van der Waals surface area contributed by atoms with Gasteiger partial charge in [0, 0.05) is 0 Å². The molecule has 0 saturated carbocycles. The van der Waals surface area contributed by atoms with Crippen molar-refractivity contribution < 1.29 is 9.34 Å². The van der Waals surface area contributed by atoms with Crippen molar-refractivity contribution in [1.29, 1.82) is 0 Å². The Morgan fingerprint density at radius 2 is 2.00 bits per heavy atom. The number of furan rings is 1. The molecule has 15 heavy (non-hydrogen) atoms. The number of nitrogens with zero attached hydrogens (tertiary/aromatic N) is 3. The Balaban J connectivity index is 2.37. The van der Waals surface area contributed by atoms with Crippen LogP contribution >= 0.6 is 0 Å². The first-order valence-corrected chi connectivity index (χ1v) is 3.99. The van der Waals surface area contributed by atoms with Gasteiger partial charge in [-0.2, -0.15) is 0 Å². The number of nitrogens with two attached hydrogens (primary N) is 1. The minimum Gasteiger partial charge on any atom is -0.397 e. The summed E-state index contributed by atoms with van der Waals surface area (Å²) in [7, 11) is 0. The van der Waals surface area contributed by atoms with Crippen molar-refractivity contribution in [3.8, 4) is 11.6 Å². The fraction of sp³-hybridized carbons (Fsp3) is 0. The van der Waals surface area contributed by atoms with Gasteiger partial charge >= 0.3 is 5.88 Å². The Labute approximate surface area is 83.7 Å². The maximum atomic E-state index is 10.4. The van der Waals surface area contributed by atoms with Crippen LogP contribution in [0.25, 0.3) is 11.6 Å². The van der Waals surface area contributed by atoms with E-state index in [2.05, 4.69) is 9.97 Å². The molecule has 0 spiro atoms. The predicted octanol–water partition coefficient (Wildman–Crippen LogP) is 1.23. The van der Waals surface area contributed by atoms with Gasteiger partial charge < -0.3 is 10.2 Å². The summed E-state index contributed by atoms with van der Waals surface area (Å²) < 4.78 is 4.91. The zero-order valence-corrected chi connectivity index (χ0v) is 7.45. The number of hydrogen-bond acceptors (Lipinski definition) is 6. The Bertz CT molecular complexity index is 491. The Hall–Kier alpha value is -2.44. The predicted molar refractivity (Wildman–Crippen MR) is 50.8 cm³/mol. The third-order valence-corrected chi connectivity index (χ3v) is 1.66. The first-order chi connectivity index (χ1) is 7.16. The van der Waals surface area contributed by atoms with Gasteiger partial charge in [0.25, 0.3) is 0 Å². The van der Waals surface area contributed by atoms with Crippen LogP contribution in [0.5, 0.6) is 0 Å². The molecule has 2 heterocycles. The number of rotatable bonds is 2. The van der Waals surface area contributed by atoms with Gasteiger partial charge in [-0.05, 0) is 6.07 Å². The van der Waals surface area contributed by atoms with E-state index in [4.69, 9.17) is 10.2 Å². The summed E-state index contributed by atoms with van der Waals surface area (Å²) >= 11 is 0. The second kappa shape index (κ2) is 3.37. The van der Waals surface area contributed by atoms with Gasteiger partial charge in [-0.3, -0.25) is 10.1 Å². The third kappa shape index (κ3) is 1.75. The summed E-state index contributed by atoms with van der Waals surface area (Å²) in [5.41, 5.74) is 5.81. The van der Waals surface area contributed by atoms with Crippen LogP contribution in [0.4, 0.5) is 11.6 Å². The molecule has 2 rings (SSSR count). The lowest BCUT2D eigenvalue weighted by atomic mass is 10.4. The molecular formula is C8H6N4O3. The zero-order chi connectivity index (χ0) is 10.8. The van der Waals surface area contributed by atoms with Crippen molar-refractivity contribution in [2.24, 2.45) is 0 Å². The summed E-state index contributed by atoms with van der Waals surface area (Å²) in [6.07, 6.45) is 2.80. The molecule has 0 amide bonds. The molecule has 0 bridgehead atoms. The number of aromatic nitrogens is 2. The standard InChI is InChI=1S/C8H6N4O3/c9-5-3-10-8(11-4-5)6-1-2-7(15-6)12(13)14/h1-4H,9H2. The fourth-order valence-electron chi connectivity index (χ4n) is 1.01. The van der Waals surface area contributed by atoms with E-state index in [0.717, 1.165) is 0 Å². The molecule has 0 aliphatic carbocycles. The maximum Gasteiger partial charge on any atom is 0.433 e. The first-order valence-electron chi connectivity index (χ1n) is 3.99. The highest BCUT2D eigenvalue weighted by atomic mass is 16.6. The number of nitro groups is 1. The van der Waals surface area contributed by atoms with Gasteiger partial charge in [0.1, 0.15) is 4.92 Å². The molecule has 0 atom stereocenters. The number of hydrogen-bond donors (Lipinski definition) is 1. The largest absolute Gasteiger partial charge is 0.433 e. The third-order valence-electron chi connectivity index (χ3n) is 1.66. The number of anilines is 1. The summed E-state index contributed by atoms with van der Waals surface area (Å²) in [5.74, 6) is 0.157. The molecule has 2 aromatic rings. The van der Waals surface area contributed by atoms with Gasteiger partial charge in [0.15, 0.2) is 11.6 Å². The van der Waals surface area contributed by atoms with Crippen molar-refractivity contribution in [3.05, 3.63) is 34.6 Å². The molecule has 0 aromatic carbocycles. The molecule has 0 aliphatic heterocycles. The highest BCUT2D eigenvalue weighted by Gasteiger charge is 2.14. The molecule has 7 nitrogen and oxygen atoms in total. The molecule has 2 N–H and O–H groups in total. The lowest BCUT2D eigenvalue weighted by Crippen LogP contribution is -1.91. The van der Waals surface area contributed by atoms with Crippen LogP contribution in [0.1, 0.15) is 0 Å². The van der Waals surface area contributed by atoms with Crippen LogP contribution in [0.15, 0.2) is 28.9 Å². The van der Waals surface area contributed by atoms with Crippen LogP contribution in [0, 0.1) is 10.1 Å². The smallest absolute Gasteiger partial charge is 0.397 e. The van der Waals surface area contributed by atoms with Gasteiger partial charge in [-0.15, -0.1) is 0 Å². The van der Waals surface area contributed by atoms with Gasteiger partial charge in [-0.1, -0.05) is 0 Å². The highest BCUT2D eigenvalue weighted by molar-refractivity contribution is 5.50. The summed E-state index contributed by atoms with van der Waals surface area (Å²) in [5, 5.41) is 10.4. The monoisotopic (exact) mass is 206 g/mol. The SMILES string of the molecule is Nc1cnc(-c2ccc([N+](=O)[O-])o2)nc1. The summed E-state index contributed by atoms with van der Waals surface area (Å²) in [6, 6.07) is 2.68. The average Bonchev–Trinajstić information content (AvgIpc) is 2.68. The summed E-state index contributed by atoms with van der Waals surface area (Å²) in [6.45, 7) is 0. The molecule has 0 aliphatic rings. The van der Waals surface area contributed by atoms with Crippen LogP contribution in [-0.4, -0.2) is 14.9 Å². The van der Waals surface area contributed by atoms with Gasteiger partial charge in [0.05, 0.1) is 24.1 Å². The van der Waals surface area contributed by atoms with E-state index in [1.165, 1.54) is 24.5 Å². The topological polar surface area (TPSA) is 108 Å². The molecule has 7 heteroatoms. The van der Waals surface area contributed by atoms with Crippen LogP contribution in [0.2, 0.25) is 0 Å². The normalized spacial score (nSPS) is 10.1. The first kappa shape index (κ1) is 9.13. The Kier molecular flexibility index (Phi) is 2.05. The Morgan fingerprint density at radius 3 is 2.53 bits per heavy atom. The van der Waals surface area contributed by atoms with E-state index in [0.29, 0.717) is 5.69 Å². The second-order valence-electron chi connectivity index (χ2n) is 2.73. The Morgan fingerprint density at radius 1 is 1.33 bits per heavy atom. The van der Waals surface area contributed by atoms with Crippen molar-refractivity contribution in [3.63, 3.8) is 0 Å². The van der Waals surface area contributed by atoms with Crippen molar-refractivity contribution in [2.75, 3.05) is 5.73 Å².